The summed E-state index contributed by atoms with van der Waals surface area (Å²) in [7, 11) is 0. The number of nitrogens with zero attached hydrogens (tertiary/aromatic N) is 2. The van der Waals surface area contributed by atoms with Gasteiger partial charge in [0.25, 0.3) is 0 Å². The first kappa shape index (κ1) is 48.1. The number of aromatic nitrogens is 2. The predicted molar refractivity (Wildman–Crippen MR) is 241 cm³/mol. The van der Waals surface area contributed by atoms with E-state index in [0.29, 0.717) is 11.8 Å². The number of rotatable bonds is 12. The number of benzene rings is 4. The van der Waals surface area contributed by atoms with Crippen molar-refractivity contribution in [3.05, 3.63) is 131 Å². The number of hydrogen-bond donors (Lipinski definition) is 0. The molecule has 0 saturated carbocycles. The van der Waals surface area contributed by atoms with Gasteiger partial charge in [0, 0.05) is 18.0 Å². The maximum absolute atomic E-state index is 11.7. The molecule has 0 aliphatic rings. The third kappa shape index (κ3) is 12.8. The van der Waals surface area contributed by atoms with Crippen molar-refractivity contribution in [2.45, 2.75) is 127 Å². The first-order valence-corrected chi connectivity index (χ1v) is 21.0. The Hall–Kier alpha value is -4.31. The SMILES string of the molecule is CCC(CC)C(=O)CC(=O)C(CC)CC.Cc1[c-]c(-c2n[c-]cc3cc(C(C)C)ccc23)cc(C)c1.Cc1[c-]c(-c2nccc3cc(C(C)C)ccc23)cc(C)c1.[Ir+3]. The van der Waals surface area contributed by atoms with Crippen molar-refractivity contribution in [2.24, 2.45) is 11.8 Å². The number of aryl methyl sites for hydroxylation is 4. The van der Waals surface area contributed by atoms with Gasteiger partial charge in [0.2, 0.25) is 0 Å². The molecule has 0 atom stereocenters. The minimum atomic E-state index is 0. The van der Waals surface area contributed by atoms with E-state index in [0.717, 1.165) is 59.3 Å². The molecule has 4 nitrogen and oxygen atoms in total. The molecule has 0 bridgehead atoms. The third-order valence-corrected chi connectivity index (χ3v) is 10.9. The summed E-state index contributed by atoms with van der Waals surface area (Å²) in [5, 5.41) is 4.81. The van der Waals surface area contributed by atoms with Crippen LogP contribution < -0.4 is 0 Å². The molecule has 0 amide bonds. The summed E-state index contributed by atoms with van der Waals surface area (Å²) in [6.07, 6.45) is 8.50. The normalized spacial score (nSPS) is 11.0. The van der Waals surface area contributed by atoms with Crippen LogP contribution in [-0.4, -0.2) is 21.5 Å². The molecule has 6 rings (SSSR count). The Morgan fingerprint density at radius 3 is 1.48 bits per heavy atom. The topological polar surface area (TPSA) is 59.9 Å². The Labute approximate surface area is 363 Å². The molecule has 0 fully saturated rings. The first-order valence-electron chi connectivity index (χ1n) is 21.0. The summed E-state index contributed by atoms with van der Waals surface area (Å²) in [5.74, 6) is 1.51. The van der Waals surface area contributed by atoms with Crippen LogP contribution in [-0.2, 0) is 29.7 Å². The monoisotopic (exact) mass is 952 g/mol. The van der Waals surface area contributed by atoms with E-state index in [4.69, 9.17) is 0 Å². The third-order valence-electron chi connectivity index (χ3n) is 10.9. The van der Waals surface area contributed by atoms with Crippen LogP contribution in [0.5, 0.6) is 0 Å². The van der Waals surface area contributed by atoms with E-state index >= 15 is 0 Å². The van der Waals surface area contributed by atoms with Crippen molar-refractivity contribution in [2.75, 3.05) is 0 Å². The summed E-state index contributed by atoms with van der Waals surface area (Å²) >= 11 is 0. The van der Waals surface area contributed by atoms with Crippen molar-refractivity contribution in [3.63, 3.8) is 0 Å². The number of ketones is 2. The van der Waals surface area contributed by atoms with Gasteiger partial charge >= 0.3 is 20.1 Å². The van der Waals surface area contributed by atoms with Crippen LogP contribution in [0.4, 0.5) is 0 Å². The summed E-state index contributed by atoms with van der Waals surface area (Å²) in [4.78, 5) is 32.5. The van der Waals surface area contributed by atoms with Crippen molar-refractivity contribution < 1.29 is 29.7 Å². The molecule has 58 heavy (non-hydrogen) atoms. The number of fused-ring (bicyclic) bond motifs is 2. The number of carbonyl (C=O) groups excluding carboxylic acids is 2. The molecule has 2 aromatic heterocycles. The molecule has 0 spiro atoms. The van der Waals surface area contributed by atoms with Crippen molar-refractivity contribution >= 4 is 33.1 Å². The maximum atomic E-state index is 11.7. The fourth-order valence-electron chi connectivity index (χ4n) is 7.47. The van der Waals surface area contributed by atoms with Crippen LogP contribution in [0, 0.1) is 57.9 Å². The fourth-order valence-corrected chi connectivity index (χ4v) is 7.47. The molecule has 4 aromatic carbocycles. The summed E-state index contributed by atoms with van der Waals surface area (Å²) in [5.41, 5.74) is 11.6. The quantitative estimate of drug-likeness (QED) is 0.0906. The van der Waals surface area contributed by atoms with Crippen molar-refractivity contribution in [1.82, 2.24) is 9.97 Å². The summed E-state index contributed by atoms with van der Waals surface area (Å²) in [6.45, 7) is 25.3. The molecule has 0 radical (unpaired) electrons. The van der Waals surface area contributed by atoms with Crippen LogP contribution in [0.1, 0.15) is 133 Å². The van der Waals surface area contributed by atoms with E-state index in [2.05, 4.69) is 150 Å². The van der Waals surface area contributed by atoms with Gasteiger partial charge in [0.15, 0.2) is 0 Å². The van der Waals surface area contributed by atoms with Crippen molar-refractivity contribution in [3.8, 4) is 22.5 Å². The molecule has 0 unspecified atom stereocenters. The molecular formula is C53H63IrN2O2. The van der Waals surface area contributed by atoms with Gasteiger partial charge in [-0.3, -0.25) is 9.59 Å². The zero-order valence-corrected chi connectivity index (χ0v) is 39.3. The average Bonchev–Trinajstić information content (AvgIpc) is 3.17. The van der Waals surface area contributed by atoms with Gasteiger partial charge in [-0.2, -0.15) is 6.07 Å². The Kier molecular flexibility index (Phi) is 18.8. The smallest absolute Gasteiger partial charge is 0.387 e. The van der Waals surface area contributed by atoms with Gasteiger partial charge in [-0.05, 0) is 65.6 Å². The molecule has 0 aliphatic heterocycles. The second-order valence-corrected chi connectivity index (χ2v) is 16.2. The second kappa shape index (κ2) is 22.7. The molecule has 5 heteroatoms. The van der Waals surface area contributed by atoms with Gasteiger partial charge in [-0.25, -0.2) is 0 Å². The Morgan fingerprint density at radius 2 is 1.03 bits per heavy atom. The van der Waals surface area contributed by atoms with Crippen LogP contribution in [0.2, 0.25) is 0 Å². The van der Waals surface area contributed by atoms with E-state index in [1.54, 1.807) is 0 Å². The van der Waals surface area contributed by atoms with Gasteiger partial charge in [-0.15, -0.1) is 86.6 Å². The molecule has 2 heterocycles. The standard InChI is InChI=1S/C20H20N.C20H19N.C13H24O2.Ir/c2*1-13(2)16-5-6-19-17(12-16)7-8-21-20(19)18-10-14(3)9-15(4)11-18;1-5-10(6-2)12(14)9-13(15)11(7-3)8-4;/h5-10,12-13H,1-4H3;5-7,9-10,12-13H,1-4H3;10-11H,5-9H2,1-4H3;/q-1;-2;;+3. The number of pyridine rings is 2. The van der Waals surface area contributed by atoms with Crippen LogP contribution in [0.3, 0.4) is 0 Å². The Bertz CT molecular complexity index is 2080. The molecular weight excluding hydrogens is 889 g/mol. The van der Waals surface area contributed by atoms with Crippen molar-refractivity contribution in [1.29, 1.82) is 0 Å². The fraction of sp³-hybridized carbons (Fsp3) is 0.396. The van der Waals surface area contributed by atoms with Crippen LogP contribution >= 0.6 is 0 Å². The zero-order chi connectivity index (χ0) is 41.8. The number of carbonyl (C=O) groups is 2. The first-order chi connectivity index (χ1) is 27.2. The average molecular weight is 952 g/mol. The van der Waals surface area contributed by atoms with Crippen LogP contribution in [0.25, 0.3) is 44.1 Å². The van der Waals surface area contributed by atoms with E-state index in [1.165, 1.54) is 43.8 Å². The Morgan fingerprint density at radius 1 is 0.586 bits per heavy atom. The molecule has 0 N–H and O–H groups in total. The molecule has 0 saturated heterocycles. The Balaban J connectivity index is 0.000000235. The maximum Gasteiger partial charge on any atom is 3.00 e. The van der Waals surface area contributed by atoms with E-state index in [-0.39, 0.29) is 49.9 Å². The van der Waals surface area contributed by atoms with Gasteiger partial charge in [0.05, 0.1) is 6.42 Å². The summed E-state index contributed by atoms with van der Waals surface area (Å²) in [6, 6.07) is 32.8. The molecule has 306 valence electrons. The minimum absolute atomic E-state index is 0. The van der Waals surface area contributed by atoms with E-state index < -0.39 is 0 Å². The number of hydrogen-bond acceptors (Lipinski definition) is 4. The molecule has 6 aromatic rings. The number of Topliss-reactive ketones (excluding diaryl/α,β-unsaturated/α-hetero) is 2. The van der Waals surface area contributed by atoms with E-state index in [1.807, 2.05) is 40.0 Å². The van der Waals surface area contributed by atoms with Gasteiger partial charge < -0.3 is 9.97 Å². The largest absolute Gasteiger partial charge is 3.00 e. The van der Waals surface area contributed by atoms with Crippen LogP contribution in [0.15, 0.2) is 79.0 Å². The zero-order valence-electron chi connectivity index (χ0n) is 36.9. The van der Waals surface area contributed by atoms with E-state index in [9.17, 15) is 9.59 Å². The molecule has 0 aliphatic carbocycles. The summed E-state index contributed by atoms with van der Waals surface area (Å²) < 4.78 is 0. The van der Waals surface area contributed by atoms with Gasteiger partial charge in [0.1, 0.15) is 11.6 Å². The van der Waals surface area contributed by atoms with Gasteiger partial charge in [-0.1, -0.05) is 131 Å². The predicted octanol–water partition coefficient (Wildman–Crippen LogP) is 14.1. The minimum Gasteiger partial charge on any atom is -0.387 e. The second-order valence-electron chi connectivity index (χ2n) is 16.2.